The summed E-state index contributed by atoms with van der Waals surface area (Å²) in [7, 11) is 0. The second-order valence-electron chi connectivity index (χ2n) is 4.08. The van der Waals surface area contributed by atoms with E-state index in [1.807, 2.05) is 12.3 Å². The number of pyridine rings is 1. The first-order valence-corrected chi connectivity index (χ1v) is 5.36. The Morgan fingerprint density at radius 1 is 1.50 bits per heavy atom. The molecule has 0 spiro atoms. The highest BCUT2D eigenvalue weighted by Gasteiger charge is 2.28. The standard InChI is InChI=1S/C11H15N3/c1-2-9-3-4-10-8-12-6-7-14(10)11(9)13-5-1/h1-2,5,10,12H,3-4,6-8H2/t10-/m1/s1. The first kappa shape index (κ1) is 8.24. The van der Waals surface area contributed by atoms with Crippen LogP contribution < -0.4 is 10.2 Å². The van der Waals surface area contributed by atoms with Crippen molar-refractivity contribution in [1.82, 2.24) is 10.3 Å². The van der Waals surface area contributed by atoms with Gasteiger partial charge in [0.25, 0.3) is 0 Å². The molecule has 3 rings (SSSR count). The highest BCUT2D eigenvalue weighted by atomic mass is 15.3. The average molecular weight is 189 g/mol. The van der Waals surface area contributed by atoms with E-state index < -0.39 is 0 Å². The molecular weight excluding hydrogens is 174 g/mol. The Kier molecular flexibility index (Phi) is 1.91. The zero-order valence-electron chi connectivity index (χ0n) is 8.24. The van der Waals surface area contributed by atoms with Gasteiger partial charge in [0.2, 0.25) is 0 Å². The SMILES string of the molecule is c1cnc2c(c1)CC[C@@H]1CNCCN21. The molecule has 1 atom stereocenters. The summed E-state index contributed by atoms with van der Waals surface area (Å²) in [6, 6.07) is 4.92. The highest BCUT2D eigenvalue weighted by Crippen LogP contribution is 2.28. The van der Waals surface area contributed by atoms with Gasteiger partial charge < -0.3 is 10.2 Å². The molecule has 1 fully saturated rings. The molecule has 0 aromatic carbocycles. The Labute approximate surface area is 84.1 Å². The van der Waals surface area contributed by atoms with Crippen LogP contribution in [-0.4, -0.2) is 30.7 Å². The predicted molar refractivity (Wildman–Crippen MR) is 56.6 cm³/mol. The van der Waals surface area contributed by atoms with Crippen LogP contribution >= 0.6 is 0 Å². The number of piperazine rings is 1. The van der Waals surface area contributed by atoms with Gasteiger partial charge in [-0.2, -0.15) is 0 Å². The number of anilines is 1. The Hall–Kier alpha value is -1.09. The fourth-order valence-corrected chi connectivity index (χ4v) is 2.50. The summed E-state index contributed by atoms with van der Waals surface area (Å²) in [5.41, 5.74) is 1.42. The van der Waals surface area contributed by atoms with Crippen molar-refractivity contribution < 1.29 is 0 Å². The van der Waals surface area contributed by atoms with Crippen LogP contribution in [0.25, 0.3) is 0 Å². The molecule has 2 aliphatic rings. The third-order valence-electron chi connectivity index (χ3n) is 3.24. The third kappa shape index (κ3) is 1.20. The predicted octanol–water partition coefficient (Wildman–Crippen LogP) is 0.806. The van der Waals surface area contributed by atoms with Crippen molar-refractivity contribution >= 4 is 5.82 Å². The van der Waals surface area contributed by atoms with E-state index in [1.54, 1.807) is 0 Å². The Morgan fingerprint density at radius 2 is 2.50 bits per heavy atom. The maximum atomic E-state index is 4.50. The number of fused-ring (bicyclic) bond motifs is 3. The van der Waals surface area contributed by atoms with E-state index in [-0.39, 0.29) is 0 Å². The van der Waals surface area contributed by atoms with Crippen molar-refractivity contribution in [3.05, 3.63) is 23.9 Å². The van der Waals surface area contributed by atoms with Crippen LogP contribution in [0.4, 0.5) is 5.82 Å². The van der Waals surface area contributed by atoms with Gasteiger partial charge in [-0.1, -0.05) is 6.07 Å². The number of aryl methyl sites for hydroxylation is 1. The maximum absolute atomic E-state index is 4.50. The van der Waals surface area contributed by atoms with Crippen LogP contribution in [0.1, 0.15) is 12.0 Å². The topological polar surface area (TPSA) is 28.2 Å². The molecule has 0 saturated carbocycles. The molecule has 0 radical (unpaired) electrons. The molecule has 1 aromatic rings. The van der Waals surface area contributed by atoms with Crippen molar-refractivity contribution in [3.8, 4) is 0 Å². The zero-order valence-corrected chi connectivity index (χ0v) is 8.24. The smallest absolute Gasteiger partial charge is 0.132 e. The second-order valence-corrected chi connectivity index (χ2v) is 4.08. The third-order valence-corrected chi connectivity index (χ3v) is 3.24. The van der Waals surface area contributed by atoms with Crippen molar-refractivity contribution in [3.63, 3.8) is 0 Å². The summed E-state index contributed by atoms with van der Waals surface area (Å²) in [5.74, 6) is 1.23. The minimum absolute atomic E-state index is 0.672. The molecule has 2 aliphatic heterocycles. The van der Waals surface area contributed by atoms with Crippen LogP contribution in [0.2, 0.25) is 0 Å². The number of rotatable bonds is 0. The fraction of sp³-hybridized carbons (Fsp3) is 0.545. The lowest BCUT2D eigenvalue weighted by Gasteiger charge is -2.41. The zero-order chi connectivity index (χ0) is 9.38. The number of nitrogens with one attached hydrogen (secondary N) is 1. The van der Waals surface area contributed by atoms with E-state index in [0.717, 1.165) is 19.6 Å². The van der Waals surface area contributed by atoms with Gasteiger partial charge in [-0.3, -0.25) is 0 Å². The van der Waals surface area contributed by atoms with Gasteiger partial charge in [0.05, 0.1) is 0 Å². The van der Waals surface area contributed by atoms with Crippen LogP contribution in [0.15, 0.2) is 18.3 Å². The van der Waals surface area contributed by atoms with E-state index in [0.29, 0.717) is 6.04 Å². The summed E-state index contributed by atoms with van der Waals surface area (Å²) in [6.07, 6.45) is 4.36. The lowest BCUT2D eigenvalue weighted by Crippen LogP contribution is -2.53. The molecule has 0 amide bonds. The molecule has 0 bridgehead atoms. The Bertz CT molecular complexity index is 337. The van der Waals surface area contributed by atoms with E-state index in [4.69, 9.17) is 0 Å². The van der Waals surface area contributed by atoms with Gasteiger partial charge in [-0.15, -0.1) is 0 Å². The van der Waals surface area contributed by atoms with Crippen LogP contribution in [0.3, 0.4) is 0 Å². The highest BCUT2D eigenvalue weighted by molar-refractivity contribution is 5.50. The minimum atomic E-state index is 0.672. The van der Waals surface area contributed by atoms with E-state index in [9.17, 15) is 0 Å². The molecule has 3 heterocycles. The van der Waals surface area contributed by atoms with Gasteiger partial charge >= 0.3 is 0 Å². The van der Waals surface area contributed by atoms with E-state index in [1.165, 1.54) is 24.2 Å². The summed E-state index contributed by atoms with van der Waals surface area (Å²) >= 11 is 0. The first-order chi connectivity index (χ1) is 6.95. The van der Waals surface area contributed by atoms with E-state index in [2.05, 4.69) is 21.3 Å². The van der Waals surface area contributed by atoms with Crippen molar-refractivity contribution in [2.75, 3.05) is 24.5 Å². The Balaban J connectivity index is 1.99. The molecule has 1 saturated heterocycles. The number of hydrogen-bond donors (Lipinski definition) is 1. The molecular formula is C11H15N3. The summed E-state index contributed by atoms with van der Waals surface area (Å²) in [6.45, 7) is 3.32. The largest absolute Gasteiger partial charge is 0.351 e. The quantitative estimate of drug-likeness (QED) is 0.654. The molecule has 3 nitrogen and oxygen atoms in total. The maximum Gasteiger partial charge on any atom is 0.132 e. The van der Waals surface area contributed by atoms with Crippen molar-refractivity contribution in [2.24, 2.45) is 0 Å². The van der Waals surface area contributed by atoms with Crippen LogP contribution in [0.5, 0.6) is 0 Å². The summed E-state index contributed by atoms with van der Waals surface area (Å²) in [4.78, 5) is 6.97. The molecule has 0 aliphatic carbocycles. The number of aromatic nitrogens is 1. The van der Waals surface area contributed by atoms with Crippen LogP contribution in [0, 0.1) is 0 Å². The van der Waals surface area contributed by atoms with Gasteiger partial charge in [-0.25, -0.2) is 4.98 Å². The van der Waals surface area contributed by atoms with E-state index >= 15 is 0 Å². The number of nitrogens with zero attached hydrogens (tertiary/aromatic N) is 2. The lowest BCUT2D eigenvalue weighted by atomic mass is 9.97. The normalized spacial score (nSPS) is 25.4. The van der Waals surface area contributed by atoms with Crippen molar-refractivity contribution in [1.29, 1.82) is 0 Å². The number of hydrogen-bond acceptors (Lipinski definition) is 3. The minimum Gasteiger partial charge on any atom is -0.351 e. The van der Waals surface area contributed by atoms with Crippen LogP contribution in [-0.2, 0) is 6.42 Å². The fourth-order valence-electron chi connectivity index (χ4n) is 2.50. The first-order valence-electron chi connectivity index (χ1n) is 5.36. The molecule has 14 heavy (non-hydrogen) atoms. The molecule has 1 aromatic heterocycles. The molecule has 74 valence electrons. The molecule has 0 unspecified atom stereocenters. The molecule has 3 heteroatoms. The van der Waals surface area contributed by atoms with Gasteiger partial charge in [0, 0.05) is 31.9 Å². The van der Waals surface area contributed by atoms with Crippen molar-refractivity contribution in [2.45, 2.75) is 18.9 Å². The van der Waals surface area contributed by atoms with Gasteiger partial charge in [0.15, 0.2) is 0 Å². The molecule has 1 N–H and O–H groups in total. The monoisotopic (exact) mass is 189 g/mol. The summed E-state index contributed by atoms with van der Waals surface area (Å²) in [5, 5.41) is 3.45. The van der Waals surface area contributed by atoms with Gasteiger partial charge in [0.1, 0.15) is 5.82 Å². The average Bonchev–Trinajstić information content (AvgIpc) is 2.29. The van der Waals surface area contributed by atoms with Gasteiger partial charge in [-0.05, 0) is 24.5 Å². The second kappa shape index (κ2) is 3.24. The Morgan fingerprint density at radius 3 is 3.50 bits per heavy atom. The summed E-state index contributed by atoms with van der Waals surface area (Å²) < 4.78 is 0. The lowest BCUT2D eigenvalue weighted by molar-refractivity contribution is 0.436.